The van der Waals surface area contributed by atoms with E-state index in [1.54, 1.807) is 7.11 Å². The fourth-order valence-electron chi connectivity index (χ4n) is 0.837. The van der Waals surface area contributed by atoms with Gasteiger partial charge in [0.1, 0.15) is 0 Å². The molecule has 0 amide bonds. The van der Waals surface area contributed by atoms with Crippen LogP contribution in [0.3, 0.4) is 0 Å². The van der Waals surface area contributed by atoms with Gasteiger partial charge in [-0.2, -0.15) is 0 Å². The zero-order chi connectivity index (χ0) is 7.82. The molecule has 0 saturated carbocycles. The molecule has 0 aliphatic rings. The van der Waals surface area contributed by atoms with Crippen LogP contribution in [0, 0.1) is 0 Å². The van der Waals surface area contributed by atoms with Crippen molar-refractivity contribution in [1.82, 2.24) is 0 Å². The van der Waals surface area contributed by atoms with Crippen LogP contribution in [0.4, 0.5) is 0 Å². The fraction of sp³-hybridized carbons (Fsp3) is 0.750. The largest absolute Gasteiger partial charge is 0.396 e. The van der Waals surface area contributed by atoms with E-state index in [2.05, 4.69) is 6.58 Å². The number of rotatable bonds is 6. The first-order chi connectivity index (χ1) is 4.85. The van der Waals surface area contributed by atoms with Crippen LogP contribution in [-0.4, -0.2) is 24.9 Å². The Kier molecular flexibility index (Phi) is 6.55. The summed E-state index contributed by atoms with van der Waals surface area (Å²) in [6.07, 6.45) is 4.68. The van der Waals surface area contributed by atoms with Crippen LogP contribution < -0.4 is 0 Å². The van der Waals surface area contributed by atoms with Crippen molar-refractivity contribution < 1.29 is 9.84 Å². The van der Waals surface area contributed by atoms with Gasteiger partial charge in [-0.15, -0.1) is 6.58 Å². The summed E-state index contributed by atoms with van der Waals surface area (Å²) < 4.78 is 5.11. The van der Waals surface area contributed by atoms with Gasteiger partial charge in [0, 0.05) is 13.7 Å². The maximum atomic E-state index is 8.50. The first-order valence-electron chi connectivity index (χ1n) is 3.59. The summed E-state index contributed by atoms with van der Waals surface area (Å²) in [6.45, 7) is 3.86. The first-order valence-corrected chi connectivity index (χ1v) is 3.59. The highest BCUT2D eigenvalue weighted by atomic mass is 16.5. The van der Waals surface area contributed by atoms with E-state index < -0.39 is 0 Å². The van der Waals surface area contributed by atoms with Gasteiger partial charge in [0.15, 0.2) is 0 Å². The minimum Gasteiger partial charge on any atom is -0.396 e. The van der Waals surface area contributed by atoms with E-state index in [0.29, 0.717) is 0 Å². The van der Waals surface area contributed by atoms with Gasteiger partial charge in [0.25, 0.3) is 0 Å². The molecule has 0 aromatic heterocycles. The van der Waals surface area contributed by atoms with E-state index in [-0.39, 0.29) is 12.7 Å². The topological polar surface area (TPSA) is 29.5 Å². The molecular formula is C8H16O2. The number of aliphatic hydroxyl groups excluding tert-OH is 1. The lowest BCUT2D eigenvalue weighted by atomic mass is 10.1. The molecule has 1 atom stereocenters. The molecule has 2 heteroatoms. The Morgan fingerprint density at radius 3 is 2.80 bits per heavy atom. The van der Waals surface area contributed by atoms with Gasteiger partial charge in [-0.25, -0.2) is 0 Å². The van der Waals surface area contributed by atoms with Gasteiger partial charge >= 0.3 is 0 Å². The smallest absolute Gasteiger partial charge is 0.0606 e. The molecular weight excluding hydrogens is 128 g/mol. The van der Waals surface area contributed by atoms with Crippen molar-refractivity contribution in [3.8, 4) is 0 Å². The van der Waals surface area contributed by atoms with Crippen LogP contribution in [0.1, 0.15) is 19.3 Å². The lowest BCUT2D eigenvalue weighted by Crippen LogP contribution is -2.09. The van der Waals surface area contributed by atoms with Crippen LogP contribution >= 0.6 is 0 Å². The number of hydrogen-bond acceptors (Lipinski definition) is 2. The van der Waals surface area contributed by atoms with E-state index in [9.17, 15) is 0 Å². The van der Waals surface area contributed by atoms with Crippen molar-refractivity contribution in [3.63, 3.8) is 0 Å². The summed E-state index contributed by atoms with van der Waals surface area (Å²) in [5.74, 6) is 0. The molecule has 10 heavy (non-hydrogen) atoms. The highest BCUT2D eigenvalue weighted by molar-refractivity contribution is 4.72. The first kappa shape index (κ1) is 9.66. The lowest BCUT2D eigenvalue weighted by molar-refractivity contribution is 0.0904. The molecule has 0 aromatic carbocycles. The molecule has 0 saturated heterocycles. The Bertz CT molecular complexity index is 81.3. The third kappa shape index (κ3) is 4.53. The molecule has 0 aliphatic heterocycles. The zero-order valence-corrected chi connectivity index (χ0v) is 6.55. The number of methoxy groups -OCH3 is 1. The molecule has 1 unspecified atom stereocenters. The van der Waals surface area contributed by atoms with Crippen molar-refractivity contribution >= 4 is 0 Å². The molecule has 0 aromatic rings. The average Bonchev–Trinajstić information content (AvgIpc) is 1.98. The number of aliphatic hydroxyl groups is 1. The van der Waals surface area contributed by atoms with Crippen LogP contribution in [0.15, 0.2) is 12.7 Å². The highest BCUT2D eigenvalue weighted by Gasteiger charge is 2.02. The third-order valence-electron chi connectivity index (χ3n) is 1.45. The van der Waals surface area contributed by atoms with E-state index in [1.165, 1.54) is 0 Å². The Balaban J connectivity index is 3.29. The molecule has 60 valence electrons. The van der Waals surface area contributed by atoms with E-state index in [0.717, 1.165) is 19.3 Å². The quantitative estimate of drug-likeness (QED) is 0.570. The van der Waals surface area contributed by atoms with Crippen molar-refractivity contribution in [1.29, 1.82) is 0 Å². The van der Waals surface area contributed by atoms with E-state index >= 15 is 0 Å². The maximum absolute atomic E-state index is 8.50. The molecule has 0 heterocycles. The van der Waals surface area contributed by atoms with Crippen molar-refractivity contribution in [2.45, 2.75) is 25.4 Å². The number of hydrogen-bond donors (Lipinski definition) is 1. The normalized spacial score (nSPS) is 13.0. The van der Waals surface area contributed by atoms with Gasteiger partial charge in [-0.3, -0.25) is 0 Å². The van der Waals surface area contributed by atoms with Gasteiger partial charge in [-0.1, -0.05) is 6.08 Å². The average molecular weight is 144 g/mol. The van der Waals surface area contributed by atoms with Crippen molar-refractivity contribution in [2.24, 2.45) is 0 Å². The second-order valence-electron chi connectivity index (χ2n) is 2.25. The van der Waals surface area contributed by atoms with Gasteiger partial charge < -0.3 is 9.84 Å². The molecule has 0 aliphatic carbocycles. The SMILES string of the molecule is C=CCC(CCCO)OC. The van der Waals surface area contributed by atoms with Crippen LogP contribution in [0.25, 0.3) is 0 Å². The lowest BCUT2D eigenvalue weighted by Gasteiger charge is -2.11. The van der Waals surface area contributed by atoms with Crippen LogP contribution in [0.5, 0.6) is 0 Å². The third-order valence-corrected chi connectivity index (χ3v) is 1.45. The van der Waals surface area contributed by atoms with Crippen LogP contribution in [-0.2, 0) is 4.74 Å². The standard InChI is InChI=1S/C8H16O2/c1-3-5-8(10-2)6-4-7-9/h3,8-9H,1,4-7H2,2H3. The van der Waals surface area contributed by atoms with Crippen molar-refractivity contribution in [3.05, 3.63) is 12.7 Å². The van der Waals surface area contributed by atoms with E-state index in [1.807, 2.05) is 6.08 Å². The minimum absolute atomic E-state index is 0.240. The summed E-state index contributed by atoms with van der Waals surface area (Å²) in [6, 6.07) is 0. The molecule has 1 N–H and O–H groups in total. The predicted molar refractivity (Wildman–Crippen MR) is 41.9 cm³/mol. The summed E-state index contributed by atoms with van der Waals surface area (Å²) in [5, 5.41) is 8.50. The molecule has 0 bridgehead atoms. The van der Waals surface area contributed by atoms with Crippen molar-refractivity contribution in [2.75, 3.05) is 13.7 Å². The maximum Gasteiger partial charge on any atom is 0.0606 e. The van der Waals surface area contributed by atoms with Gasteiger partial charge in [-0.05, 0) is 19.3 Å². The van der Waals surface area contributed by atoms with Crippen LogP contribution in [0.2, 0.25) is 0 Å². The molecule has 0 fully saturated rings. The summed E-state index contributed by atoms with van der Waals surface area (Å²) in [5.41, 5.74) is 0. The number of ether oxygens (including phenoxy) is 1. The Hall–Kier alpha value is -0.340. The second kappa shape index (κ2) is 6.78. The molecule has 0 radical (unpaired) electrons. The zero-order valence-electron chi connectivity index (χ0n) is 6.55. The predicted octanol–water partition coefficient (Wildman–Crippen LogP) is 1.35. The Morgan fingerprint density at radius 2 is 2.40 bits per heavy atom. The molecule has 0 rings (SSSR count). The monoisotopic (exact) mass is 144 g/mol. The summed E-state index contributed by atoms with van der Waals surface area (Å²) in [4.78, 5) is 0. The Labute approximate surface area is 62.5 Å². The van der Waals surface area contributed by atoms with Gasteiger partial charge in [0.2, 0.25) is 0 Å². The minimum atomic E-state index is 0.240. The summed E-state index contributed by atoms with van der Waals surface area (Å²) in [7, 11) is 1.69. The molecule has 0 spiro atoms. The summed E-state index contributed by atoms with van der Waals surface area (Å²) >= 11 is 0. The van der Waals surface area contributed by atoms with E-state index in [4.69, 9.17) is 9.84 Å². The second-order valence-corrected chi connectivity index (χ2v) is 2.25. The highest BCUT2D eigenvalue weighted by Crippen LogP contribution is 2.05. The fourth-order valence-corrected chi connectivity index (χ4v) is 0.837. The Morgan fingerprint density at radius 1 is 1.70 bits per heavy atom. The van der Waals surface area contributed by atoms with Gasteiger partial charge in [0.05, 0.1) is 6.10 Å². The molecule has 2 nitrogen and oxygen atoms in total.